The lowest BCUT2D eigenvalue weighted by Crippen LogP contribution is -2.14. The van der Waals surface area contributed by atoms with Gasteiger partial charge < -0.3 is 10.6 Å². The fraction of sp³-hybridized carbons (Fsp3) is 0.0556. The lowest BCUT2D eigenvalue weighted by molar-refractivity contribution is -0.137. The van der Waals surface area contributed by atoms with Crippen LogP contribution in [0.2, 0.25) is 0 Å². The summed E-state index contributed by atoms with van der Waals surface area (Å²) in [6.45, 7) is 0. The van der Waals surface area contributed by atoms with E-state index in [9.17, 15) is 26.7 Å². The Labute approximate surface area is 155 Å². The molecule has 0 saturated heterocycles. The lowest BCUT2D eigenvalue weighted by Gasteiger charge is -2.08. The van der Waals surface area contributed by atoms with Crippen molar-refractivity contribution in [2.24, 2.45) is 0 Å². The molecule has 2 N–H and O–H groups in total. The van der Waals surface area contributed by atoms with Crippen molar-refractivity contribution in [3.8, 4) is 0 Å². The third-order valence-corrected chi connectivity index (χ3v) is 3.57. The fourth-order valence-corrected chi connectivity index (χ4v) is 2.19. The van der Waals surface area contributed by atoms with Crippen molar-refractivity contribution in [1.29, 1.82) is 0 Å². The van der Waals surface area contributed by atoms with Crippen molar-refractivity contribution in [2.45, 2.75) is 6.18 Å². The summed E-state index contributed by atoms with van der Waals surface area (Å²) in [6.07, 6.45) is -4.49. The molecule has 0 fully saturated rings. The minimum Gasteiger partial charge on any atom is -0.339 e. The zero-order valence-electron chi connectivity index (χ0n) is 13.9. The molecule has 0 aliphatic heterocycles. The molecule has 1 aromatic heterocycles. The Morgan fingerprint density at radius 1 is 0.821 bits per heavy atom. The summed E-state index contributed by atoms with van der Waals surface area (Å²) in [7, 11) is 0. The van der Waals surface area contributed by atoms with Crippen molar-refractivity contribution in [2.75, 3.05) is 10.6 Å². The zero-order valence-corrected chi connectivity index (χ0v) is 13.9. The molecule has 0 spiro atoms. The van der Waals surface area contributed by atoms with Crippen LogP contribution in [0.4, 0.5) is 39.3 Å². The molecule has 10 heteroatoms. The number of rotatable bonds is 4. The van der Waals surface area contributed by atoms with E-state index in [1.807, 2.05) is 0 Å². The average Bonchev–Trinajstić information content (AvgIpc) is 2.66. The predicted molar refractivity (Wildman–Crippen MR) is 91.1 cm³/mol. The molecule has 0 bridgehead atoms. The van der Waals surface area contributed by atoms with Gasteiger partial charge in [0.1, 0.15) is 0 Å². The second-order valence-electron chi connectivity index (χ2n) is 5.59. The van der Waals surface area contributed by atoms with Gasteiger partial charge in [-0.1, -0.05) is 0 Å². The Morgan fingerprint density at radius 3 is 2.04 bits per heavy atom. The highest BCUT2D eigenvalue weighted by Gasteiger charge is 2.30. The molecule has 0 aliphatic carbocycles. The van der Waals surface area contributed by atoms with E-state index in [1.54, 1.807) is 0 Å². The standard InChI is InChI=1S/C18H11F5N4O/c19-13-6-5-12(9-14(13)20)24-15-7-8-16(27-26-15)25-17(28)10-1-3-11(4-2-10)18(21,22)23/h1-9H,(H,24,26)(H,25,27,28). The van der Waals surface area contributed by atoms with Crippen LogP contribution in [0.15, 0.2) is 54.6 Å². The summed E-state index contributed by atoms with van der Waals surface area (Å²) in [6, 6.07) is 9.70. The number of nitrogens with zero attached hydrogens (tertiary/aromatic N) is 2. The van der Waals surface area contributed by atoms with E-state index in [0.717, 1.165) is 36.4 Å². The molecular formula is C18H11F5N4O. The first-order valence-corrected chi connectivity index (χ1v) is 7.77. The van der Waals surface area contributed by atoms with Crippen LogP contribution in [0.1, 0.15) is 15.9 Å². The fourth-order valence-electron chi connectivity index (χ4n) is 2.19. The number of amides is 1. The second kappa shape index (κ2) is 7.59. The largest absolute Gasteiger partial charge is 0.416 e. The minimum absolute atomic E-state index is 0.0128. The lowest BCUT2D eigenvalue weighted by atomic mass is 10.1. The SMILES string of the molecule is O=C(Nc1ccc(Nc2ccc(F)c(F)c2)nn1)c1ccc(C(F)(F)F)cc1. The van der Waals surface area contributed by atoms with Crippen LogP contribution >= 0.6 is 0 Å². The molecular weight excluding hydrogens is 383 g/mol. The molecule has 5 nitrogen and oxygen atoms in total. The number of carbonyl (C=O) groups excluding carboxylic acids is 1. The molecule has 28 heavy (non-hydrogen) atoms. The molecule has 0 unspecified atom stereocenters. The van der Waals surface area contributed by atoms with E-state index < -0.39 is 29.3 Å². The summed E-state index contributed by atoms with van der Waals surface area (Å²) < 4.78 is 63.7. The molecule has 3 aromatic rings. The van der Waals surface area contributed by atoms with E-state index in [4.69, 9.17) is 0 Å². The van der Waals surface area contributed by atoms with Gasteiger partial charge in [0.05, 0.1) is 5.56 Å². The van der Waals surface area contributed by atoms with Gasteiger partial charge in [0, 0.05) is 17.3 Å². The predicted octanol–water partition coefficient (Wildman–Crippen LogP) is 4.77. The Hall–Kier alpha value is -3.56. The normalized spacial score (nSPS) is 11.2. The van der Waals surface area contributed by atoms with Gasteiger partial charge >= 0.3 is 6.18 Å². The van der Waals surface area contributed by atoms with E-state index in [-0.39, 0.29) is 22.9 Å². The van der Waals surface area contributed by atoms with Crippen LogP contribution in [-0.2, 0) is 6.18 Å². The Morgan fingerprint density at radius 2 is 1.46 bits per heavy atom. The van der Waals surface area contributed by atoms with Gasteiger partial charge in [-0.2, -0.15) is 13.2 Å². The van der Waals surface area contributed by atoms with E-state index in [0.29, 0.717) is 0 Å². The van der Waals surface area contributed by atoms with Crippen molar-refractivity contribution in [3.05, 3.63) is 77.4 Å². The number of hydrogen-bond donors (Lipinski definition) is 2. The van der Waals surface area contributed by atoms with Crippen molar-refractivity contribution >= 4 is 23.2 Å². The van der Waals surface area contributed by atoms with E-state index >= 15 is 0 Å². The van der Waals surface area contributed by atoms with Gasteiger partial charge in [0.15, 0.2) is 23.3 Å². The summed E-state index contributed by atoms with van der Waals surface area (Å²) in [5.74, 6) is -2.42. The molecule has 3 rings (SSSR count). The first kappa shape index (κ1) is 19.2. The number of nitrogens with one attached hydrogen (secondary N) is 2. The van der Waals surface area contributed by atoms with Crippen LogP contribution < -0.4 is 10.6 Å². The number of carbonyl (C=O) groups is 1. The molecule has 0 atom stereocenters. The number of aromatic nitrogens is 2. The quantitative estimate of drug-likeness (QED) is 0.626. The summed E-state index contributed by atoms with van der Waals surface area (Å²) in [5.41, 5.74) is -0.606. The maximum atomic E-state index is 13.2. The maximum Gasteiger partial charge on any atom is 0.416 e. The van der Waals surface area contributed by atoms with Crippen molar-refractivity contribution in [3.63, 3.8) is 0 Å². The molecule has 0 radical (unpaired) electrons. The van der Waals surface area contributed by atoms with Crippen LogP contribution in [-0.4, -0.2) is 16.1 Å². The van der Waals surface area contributed by atoms with Gasteiger partial charge in [-0.15, -0.1) is 10.2 Å². The monoisotopic (exact) mass is 394 g/mol. The number of hydrogen-bond acceptors (Lipinski definition) is 4. The summed E-state index contributed by atoms with van der Waals surface area (Å²) in [4.78, 5) is 12.1. The highest BCUT2D eigenvalue weighted by Crippen LogP contribution is 2.29. The third-order valence-electron chi connectivity index (χ3n) is 3.57. The molecule has 0 aliphatic rings. The van der Waals surface area contributed by atoms with Gasteiger partial charge in [-0.3, -0.25) is 4.79 Å². The number of alkyl halides is 3. The van der Waals surface area contributed by atoms with Crippen LogP contribution in [0, 0.1) is 11.6 Å². The highest BCUT2D eigenvalue weighted by atomic mass is 19.4. The maximum absolute atomic E-state index is 13.2. The van der Waals surface area contributed by atoms with E-state index in [2.05, 4.69) is 20.8 Å². The summed E-state index contributed by atoms with van der Waals surface area (Å²) >= 11 is 0. The highest BCUT2D eigenvalue weighted by molar-refractivity contribution is 6.03. The first-order chi connectivity index (χ1) is 13.2. The minimum atomic E-state index is -4.49. The smallest absolute Gasteiger partial charge is 0.339 e. The van der Waals surface area contributed by atoms with Crippen molar-refractivity contribution in [1.82, 2.24) is 10.2 Å². The topological polar surface area (TPSA) is 66.9 Å². The zero-order chi connectivity index (χ0) is 20.3. The third kappa shape index (κ3) is 4.58. The number of benzene rings is 2. The number of halogens is 5. The molecule has 1 amide bonds. The van der Waals surface area contributed by atoms with Gasteiger partial charge in [0.2, 0.25) is 0 Å². The van der Waals surface area contributed by atoms with E-state index in [1.165, 1.54) is 18.2 Å². The first-order valence-electron chi connectivity index (χ1n) is 7.77. The van der Waals surface area contributed by atoms with Crippen LogP contribution in [0.5, 0.6) is 0 Å². The molecule has 2 aromatic carbocycles. The average molecular weight is 394 g/mol. The number of anilines is 3. The van der Waals surface area contributed by atoms with Crippen LogP contribution in [0.25, 0.3) is 0 Å². The van der Waals surface area contributed by atoms with Gasteiger partial charge in [-0.05, 0) is 48.5 Å². The Balaban J connectivity index is 1.65. The van der Waals surface area contributed by atoms with Crippen molar-refractivity contribution < 1.29 is 26.7 Å². The molecule has 1 heterocycles. The molecule has 0 saturated carbocycles. The Kier molecular flexibility index (Phi) is 5.21. The van der Waals surface area contributed by atoms with Gasteiger partial charge in [-0.25, -0.2) is 8.78 Å². The second-order valence-corrected chi connectivity index (χ2v) is 5.59. The van der Waals surface area contributed by atoms with Crippen LogP contribution in [0.3, 0.4) is 0 Å². The summed E-state index contributed by atoms with van der Waals surface area (Å²) in [5, 5.41) is 12.6. The molecule has 144 valence electrons. The Bertz CT molecular complexity index is 988. The van der Waals surface area contributed by atoms with Gasteiger partial charge in [0.25, 0.3) is 5.91 Å².